The van der Waals surface area contributed by atoms with Gasteiger partial charge in [0.1, 0.15) is 6.79 Å². The molecule has 1 rings (SSSR count). The molecule has 0 unspecified atom stereocenters. The fourth-order valence-corrected chi connectivity index (χ4v) is 0.589. The Morgan fingerprint density at radius 3 is 1.67 bits per heavy atom. The standard InChI is InChI=1S/C8H8.C3H5NO.C2H7N.CH2O/c1-2-8-6-4-3-5-7-8;1-2-3(4)5;1-3-2;1-2/h2-7H,1H2;2H,1H2,(H2,4,5);3H,1-2H3;1H2. The lowest BCUT2D eigenvalue weighted by atomic mass is 10.2. The summed E-state index contributed by atoms with van der Waals surface area (Å²) < 4.78 is 0. The summed E-state index contributed by atoms with van der Waals surface area (Å²) >= 11 is 0. The third kappa shape index (κ3) is 23.5. The summed E-state index contributed by atoms with van der Waals surface area (Å²) in [5.41, 5.74) is 5.71. The van der Waals surface area contributed by atoms with Crippen LogP contribution in [0.3, 0.4) is 0 Å². The quantitative estimate of drug-likeness (QED) is 0.784. The van der Waals surface area contributed by atoms with Crippen LogP contribution < -0.4 is 11.1 Å². The molecule has 0 spiro atoms. The second kappa shape index (κ2) is 20.2. The summed E-state index contributed by atoms with van der Waals surface area (Å²) in [5, 5.41) is 2.75. The molecule has 0 heterocycles. The van der Waals surface area contributed by atoms with Gasteiger partial charge in [0, 0.05) is 0 Å². The lowest BCUT2D eigenvalue weighted by molar-refractivity contribution is -0.113. The van der Waals surface area contributed by atoms with E-state index in [1.807, 2.05) is 57.3 Å². The van der Waals surface area contributed by atoms with Crippen LogP contribution in [0.1, 0.15) is 5.56 Å². The van der Waals surface area contributed by atoms with Gasteiger partial charge in [-0.15, -0.1) is 0 Å². The lowest BCUT2D eigenvalue weighted by Crippen LogP contribution is -2.04. The van der Waals surface area contributed by atoms with E-state index in [1.54, 1.807) is 0 Å². The van der Waals surface area contributed by atoms with Gasteiger partial charge in [0.05, 0.1) is 0 Å². The van der Waals surface area contributed by atoms with Crippen LogP contribution in [0.15, 0.2) is 49.6 Å². The predicted molar refractivity (Wildman–Crippen MR) is 78.0 cm³/mol. The summed E-state index contributed by atoms with van der Waals surface area (Å²) in [4.78, 5) is 17.5. The van der Waals surface area contributed by atoms with Crippen LogP contribution in [-0.2, 0) is 9.59 Å². The number of hydrogen-bond acceptors (Lipinski definition) is 3. The van der Waals surface area contributed by atoms with Crippen LogP contribution in [0.4, 0.5) is 0 Å². The van der Waals surface area contributed by atoms with Gasteiger partial charge in [-0.05, 0) is 25.7 Å². The van der Waals surface area contributed by atoms with Crippen molar-refractivity contribution in [3.8, 4) is 0 Å². The molecule has 0 aliphatic carbocycles. The molecule has 0 bridgehead atoms. The molecule has 0 atom stereocenters. The predicted octanol–water partition coefficient (Wildman–Crippen LogP) is 1.64. The van der Waals surface area contributed by atoms with Crippen LogP contribution in [0.2, 0.25) is 0 Å². The van der Waals surface area contributed by atoms with E-state index in [2.05, 4.69) is 24.2 Å². The van der Waals surface area contributed by atoms with E-state index in [9.17, 15) is 4.79 Å². The maximum atomic E-state index is 9.47. The minimum Gasteiger partial charge on any atom is -0.366 e. The smallest absolute Gasteiger partial charge is 0.240 e. The van der Waals surface area contributed by atoms with Gasteiger partial charge in [0.25, 0.3) is 0 Å². The summed E-state index contributed by atoms with van der Waals surface area (Å²) in [6.07, 6.45) is 2.89. The Balaban J connectivity index is -0.000000196. The van der Waals surface area contributed by atoms with Crippen molar-refractivity contribution in [1.29, 1.82) is 0 Å². The van der Waals surface area contributed by atoms with Crippen LogP contribution in [0.5, 0.6) is 0 Å². The molecule has 4 heteroatoms. The molecule has 1 amide bonds. The van der Waals surface area contributed by atoms with Gasteiger partial charge in [0.15, 0.2) is 0 Å². The molecule has 0 aliphatic rings. The zero-order chi connectivity index (χ0) is 14.8. The van der Waals surface area contributed by atoms with Crippen molar-refractivity contribution in [2.75, 3.05) is 14.1 Å². The number of amides is 1. The number of nitrogens with one attached hydrogen (secondary N) is 1. The Labute approximate surface area is 109 Å². The van der Waals surface area contributed by atoms with Crippen LogP contribution in [0, 0.1) is 0 Å². The van der Waals surface area contributed by atoms with Gasteiger partial charge in [-0.2, -0.15) is 0 Å². The van der Waals surface area contributed by atoms with E-state index in [-0.39, 0.29) is 0 Å². The molecule has 18 heavy (non-hydrogen) atoms. The Bertz CT molecular complexity index is 311. The summed E-state index contributed by atoms with van der Waals surface area (Å²) in [7, 11) is 3.75. The third-order valence-corrected chi connectivity index (χ3v) is 1.24. The van der Waals surface area contributed by atoms with Gasteiger partial charge < -0.3 is 15.8 Å². The first-order valence-corrected chi connectivity index (χ1v) is 5.09. The van der Waals surface area contributed by atoms with Crippen molar-refractivity contribution in [2.24, 2.45) is 5.73 Å². The number of carbonyl (C=O) groups excluding carboxylic acids is 2. The Morgan fingerprint density at radius 2 is 1.50 bits per heavy atom. The van der Waals surface area contributed by atoms with E-state index < -0.39 is 5.91 Å². The number of benzene rings is 1. The van der Waals surface area contributed by atoms with Crippen molar-refractivity contribution >= 4 is 18.8 Å². The lowest BCUT2D eigenvalue weighted by Gasteiger charge is -1.85. The molecule has 1 aromatic carbocycles. The zero-order valence-corrected chi connectivity index (χ0v) is 11.1. The van der Waals surface area contributed by atoms with Crippen LogP contribution >= 0.6 is 0 Å². The molecular formula is C14H22N2O2. The highest BCUT2D eigenvalue weighted by Gasteiger charge is 1.75. The molecule has 0 aromatic heterocycles. The Morgan fingerprint density at radius 1 is 1.17 bits per heavy atom. The second-order valence-electron chi connectivity index (χ2n) is 2.72. The molecule has 0 fully saturated rings. The van der Waals surface area contributed by atoms with Crippen molar-refractivity contribution in [3.63, 3.8) is 0 Å². The number of hydrogen-bond donors (Lipinski definition) is 2. The molecular weight excluding hydrogens is 228 g/mol. The molecule has 100 valence electrons. The highest BCUT2D eigenvalue weighted by Crippen LogP contribution is 1.97. The topological polar surface area (TPSA) is 72.2 Å². The van der Waals surface area contributed by atoms with Crippen LogP contribution in [0.25, 0.3) is 6.08 Å². The number of primary amides is 1. The number of rotatable bonds is 2. The Hall–Kier alpha value is -2.20. The Kier molecular flexibility index (Phi) is 23.8. The van der Waals surface area contributed by atoms with Gasteiger partial charge in [0.2, 0.25) is 5.91 Å². The molecule has 3 N–H and O–H groups in total. The molecule has 0 radical (unpaired) electrons. The first-order valence-electron chi connectivity index (χ1n) is 5.09. The zero-order valence-electron chi connectivity index (χ0n) is 11.1. The van der Waals surface area contributed by atoms with Gasteiger partial charge >= 0.3 is 0 Å². The second-order valence-corrected chi connectivity index (χ2v) is 2.72. The highest BCUT2D eigenvalue weighted by atomic mass is 16.1. The monoisotopic (exact) mass is 250 g/mol. The van der Waals surface area contributed by atoms with E-state index in [0.717, 1.165) is 6.08 Å². The van der Waals surface area contributed by atoms with Crippen molar-refractivity contribution in [1.82, 2.24) is 5.32 Å². The van der Waals surface area contributed by atoms with E-state index in [4.69, 9.17) is 4.79 Å². The highest BCUT2D eigenvalue weighted by molar-refractivity contribution is 5.84. The average molecular weight is 250 g/mol. The SMILES string of the molecule is C=CC(N)=O.C=Cc1ccccc1.C=O.CNC. The maximum absolute atomic E-state index is 9.47. The molecule has 0 saturated carbocycles. The van der Waals surface area contributed by atoms with Crippen molar-refractivity contribution < 1.29 is 9.59 Å². The normalized spacial score (nSPS) is 6.78. The summed E-state index contributed by atoms with van der Waals surface area (Å²) in [5.74, 6) is -0.481. The maximum Gasteiger partial charge on any atom is 0.240 e. The summed E-state index contributed by atoms with van der Waals surface area (Å²) in [6, 6.07) is 10.0. The van der Waals surface area contributed by atoms with Gasteiger partial charge in [-0.1, -0.05) is 49.6 Å². The minimum absolute atomic E-state index is 0.481. The molecule has 1 aromatic rings. The third-order valence-electron chi connectivity index (χ3n) is 1.24. The van der Waals surface area contributed by atoms with E-state index >= 15 is 0 Å². The first-order chi connectivity index (χ1) is 8.62. The van der Waals surface area contributed by atoms with Crippen molar-refractivity contribution in [3.05, 3.63) is 55.1 Å². The van der Waals surface area contributed by atoms with E-state index in [0.29, 0.717) is 0 Å². The summed E-state index contributed by atoms with van der Waals surface area (Å²) in [6.45, 7) is 8.72. The largest absolute Gasteiger partial charge is 0.366 e. The van der Waals surface area contributed by atoms with Crippen LogP contribution in [-0.4, -0.2) is 26.8 Å². The van der Waals surface area contributed by atoms with Gasteiger partial charge in [-0.3, -0.25) is 4.79 Å². The fraction of sp³-hybridized carbons (Fsp3) is 0.143. The minimum atomic E-state index is -0.481. The molecule has 0 aliphatic heterocycles. The fourth-order valence-electron chi connectivity index (χ4n) is 0.589. The molecule has 0 saturated heterocycles. The first kappa shape index (κ1) is 21.1. The average Bonchev–Trinajstić information content (AvgIpc) is 2.43. The van der Waals surface area contributed by atoms with E-state index in [1.165, 1.54) is 5.56 Å². The number of carbonyl (C=O) groups is 2. The van der Waals surface area contributed by atoms with Gasteiger partial charge in [-0.25, -0.2) is 0 Å². The molecule has 4 nitrogen and oxygen atoms in total. The van der Waals surface area contributed by atoms with Crippen molar-refractivity contribution in [2.45, 2.75) is 0 Å². The number of nitrogens with two attached hydrogens (primary N) is 1.